The van der Waals surface area contributed by atoms with Crippen molar-refractivity contribution in [1.82, 2.24) is 20.1 Å². The van der Waals surface area contributed by atoms with Crippen LogP contribution in [0.1, 0.15) is 30.1 Å². The van der Waals surface area contributed by atoms with E-state index in [4.69, 9.17) is 4.99 Å². The van der Waals surface area contributed by atoms with Crippen molar-refractivity contribution in [3.05, 3.63) is 41.5 Å². The number of nitrogens with zero attached hydrogens (tertiary/aromatic N) is 5. The summed E-state index contributed by atoms with van der Waals surface area (Å²) in [5.74, 6) is 2.78. The van der Waals surface area contributed by atoms with Crippen LogP contribution in [0.3, 0.4) is 0 Å². The lowest BCUT2D eigenvalue weighted by atomic mass is 10.2. The molecule has 0 amide bonds. The molecule has 0 saturated heterocycles. The lowest BCUT2D eigenvalue weighted by Crippen LogP contribution is -2.41. The normalized spacial score (nSPS) is 17.5. The molecule has 120 valence electrons. The molecule has 1 aliphatic heterocycles. The first-order valence-corrected chi connectivity index (χ1v) is 8.23. The molecule has 1 aromatic heterocycles. The number of nitrogens with one attached hydrogen (secondary N) is 1. The Hall–Kier alpha value is -2.37. The quantitative estimate of drug-likeness (QED) is 0.694. The van der Waals surface area contributed by atoms with E-state index in [9.17, 15) is 0 Å². The highest BCUT2D eigenvalue weighted by Crippen LogP contribution is 2.28. The highest BCUT2D eigenvalue weighted by molar-refractivity contribution is 5.98. The van der Waals surface area contributed by atoms with Crippen LogP contribution in [0.5, 0.6) is 0 Å². The number of fused-ring (bicyclic) bond motifs is 1. The maximum atomic E-state index is 4.84. The number of anilines is 1. The monoisotopic (exact) mass is 310 g/mol. The highest BCUT2D eigenvalue weighted by Gasteiger charge is 2.28. The fourth-order valence-electron chi connectivity index (χ4n) is 2.91. The molecule has 4 rings (SSSR count). The molecule has 0 spiro atoms. The molecule has 6 heteroatoms. The number of aromatic nitrogens is 3. The Kier molecular flexibility index (Phi) is 3.52. The van der Waals surface area contributed by atoms with E-state index in [1.54, 1.807) is 0 Å². The van der Waals surface area contributed by atoms with Crippen LogP contribution in [-0.4, -0.2) is 33.3 Å². The first-order chi connectivity index (χ1) is 11.2. The van der Waals surface area contributed by atoms with Gasteiger partial charge in [-0.05, 0) is 37.8 Å². The van der Waals surface area contributed by atoms with Gasteiger partial charge >= 0.3 is 0 Å². The molecule has 2 aliphatic rings. The zero-order chi connectivity index (χ0) is 15.8. The summed E-state index contributed by atoms with van der Waals surface area (Å²) in [5, 5.41) is 11.9. The zero-order valence-corrected chi connectivity index (χ0v) is 13.7. The number of rotatable bonds is 3. The lowest BCUT2D eigenvalue weighted by Gasteiger charge is -2.22. The summed E-state index contributed by atoms with van der Waals surface area (Å²) in [5.41, 5.74) is 2.67. The van der Waals surface area contributed by atoms with Gasteiger partial charge in [-0.15, -0.1) is 10.2 Å². The third-order valence-electron chi connectivity index (χ3n) is 4.61. The predicted octanol–water partition coefficient (Wildman–Crippen LogP) is 1.79. The molecule has 0 unspecified atom stereocenters. The maximum absolute atomic E-state index is 4.84. The minimum atomic E-state index is 0.547. The molecule has 2 aromatic rings. The molecule has 1 N–H and O–H groups in total. The van der Waals surface area contributed by atoms with Crippen molar-refractivity contribution in [2.45, 2.75) is 38.8 Å². The van der Waals surface area contributed by atoms with Gasteiger partial charge in [0.1, 0.15) is 12.4 Å². The van der Waals surface area contributed by atoms with E-state index in [1.165, 1.54) is 24.1 Å². The third-order valence-corrected chi connectivity index (χ3v) is 4.61. The van der Waals surface area contributed by atoms with Gasteiger partial charge in [0.05, 0.1) is 0 Å². The Morgan fingerprint density at radius 3 is 2.87 bits per heavy atom. The van der Waals surface area contributed by atoms with Crippen molar-refractivity contribution in [3.8, 4) is 0 Å². The van der Waals surface area contributed by atoms with E-state index in [0.29, 0.717) is 12.6 Å². The number of aliphatic imine (C=N–C) groups is 1. The van der Waals surface area contributed by atoms with Gasteiger partial charge < -0.3 is 14.8 Å². The molecule has 6 nitrogen and oxygen atoms in total. The molecule has 0 atom stereocenters. The predicted molar refractivity (Wildman–Crippen MR) is 90.5 cm³/mol. The standard InChI is InChI=1S/C17H22N6/c1-12-20-21-16(22(12)2)11-18-17(19-14-7-8-14)23-10-9-13-5-3-4-6-15(13)23/h3-6,14H,7-11H2,1-2H3,(H,18,19). The molecule has 23 heavy (non-hydrogen) atoms. The summed E-state index contributed by atoms with van der Waals surface area (Å²) in [6.07, 6.45) is 3.54. The summed E-state index contributed by atoms with van der Waals surface area (Å²) in [4.78, 5) is 7.14. The number of aryl methyl sites for hydroxylation is 1. The highest BCUT2D eigenvalue weighted by atomic mass is 15.3. The van der Waals surface area contributed by atoms with Crippen molar-refractivity contribution in [2.75, 3.05) is 11.4 Å². The Morgan fingerprint density at radius 2 is 2.13 bits per heavy atom. The Labute approximate surface area is 136 Å². The van der Waals surface area contributed by atoms with Crippen molar-refractivity contribution in [1.29, 1.82) is 0 Å². The topological polar surface area (TPSA) is 58.3 Å². The van der Waals surface area contributed by atoms with E-state index >= 15 is 0 Å². The average molecular weight is 310 g/mol. The maximum Gasteiger partial charge on any atom is 0.199 e. The molecule has 2 heterocycles. The first-order valence-electron chi connectivity index (χ1n) is 8.23. The molecule has 0 bridgehead atoms. The van der Waals surface area contributed by atoms with E-state index in [-0.39, 0.29) is 0 Å². The van der Waals surface area contributed by atoms with Crippen molar-refractivity contribution < 1.29 is 0 Å². The van der Waals surface area contributed by atoms with E-state index < -0.39 is 0 Å². The van der Waals surface area contributed by atoms with Crippen molar-refractivity contribution in [3.63, 3.8) is 0 Å². The molecule has 1 aliphatic carbocycles. The van der Waals surface area contributed by atoms with E-state index in [1.807, 2.05) is 18.5 Å². The van der Waals surface area contributed by atoms with Crippen molar-refractivity contribution in [2.24, 2.45) is 12.0 Å². The minimum absolute atomic E-state index is 0.547. The second-order valence-corrected chi connectivity index (χ2v) is 6.31. The average Bonchev–Trinajstić information content (AvgIpc) is 3.20. The minimum Gasteiger partial charge on any atom is -0.353 e. The first kappa shape index (κ1) is 14.2. The van der Waals surface area contributed by atoms with Gasteiger partial charge in [0.2, 0.25) is 0 Å². The molecular formula is C17H22N6. The van der Waals surface area contributed by atoms with Crippen LogP contribution in [0.4, 0.5) is 5.69 Å². The van der Waals surface area contributed by atoms with Crippen molar-refractivity contribution >= 4 is 11.6 Å². The SMILES string of the molecule is Cc1nnc(CN=C(NC2CC2)N2CCc3ccccc32)n1C. The lowest BCUT2D eigenvalue weighted by molar-refractivity contribution is 0.763. The van der Waals surface area contributed by atoms with E-state index in [0.717, 1.165) is 30.6 Å². The van der Waals surface area contributed by atoms with Crippen LogP contribution in [0.15, 0.2) is 29.3 Å². The second kappa shape index (κ2) is 5.68. The fraction of sp³-hybridized carbons (Fsp3) is 0.471. The van der Waals surface area contributed by atoms with Crippen LogP contribution in [0.2, 0.25) is 0 Å². The van der Waals surface area contributed by atoms with Gasteiger partial charge in [-0.2, -0.15) is 0 Å². The Morgan fingerprint density at radius 1 is 1.30 bits per heavy atom. The van der Waals surface area contributed by atoms with E-state index in [2.05, 4.69) is 44.7 Å². The summed E-state index contributed by atoms with van der Waals surface area (Å²) >= 11 is 0. The number of para-hydroxylation sites is 1. The Bertz CT molecular complexity index is 743. The van der Waals surface area contributed by atoms with Gasteiger partial charge in [-0.25, -0.2) is 4.99 Å². The van der Waals surface area contributed by atoms with Crippen LogP contribution in [-0.2, 0) is 20.0 Å². The van der Waals surface area contributed by atoms with Crippen LogP contribution in [0.25, 0.3) is 0 Å². The summed E-state index contributed by atoms with van der Waals surface area (Å²) in [6, 6.07) is 9.16. The molecule has 1 saturated carbocycles. The molecule has 1 aromatic carbocycles. The van der Waals surface area contributed by atoms with Gasteiger partial charge in [-0.3, -0.25) is 0 Å². The largest absolute Gasteiger partial charge is 0.353 e. The number of benzene rings is 1. The zero-order valence-electron chi connectivity index (χ0n) is 13.7. The summed E-state index contributed by atoms with van der Waals surface area (Å²) in [7, 11) is 1.99. The molecule has 0 radical (unpaired) electrons. The fourth-order valence-corrected chi connectivity index (χ4v) is 2.91. The van der Waals surface area contributed by atoms with Crippen LogP contribution in [0, 0.1) is 6.92 Å². The molecular weight excluding hydrogens is 288 g/mol. The number of hydrogen-bond donors (Lipinski definition) is 1. The third kappa shape index (κ3) is 2.81. The van der Waals surface area contributed by atoms with Crippen LogP contribution >= 0.6 is 0 Å². The summed E-state index contributed by atoms with van der Waals surface area (Å²) < 4.78 is 2.00. The number of guanidine groups is 1. The van der Waals surface area contributed by atoms with Gasteiger partial charge in [0, 0.05) is 25.3 Å². The van der Waals surface area contributed by atoms with Crippen LogP contribution < -0.4 is 10.2 Å². The Balaban J connectivity index is 1.60. The van der Waals surface area contributed by atoms with Gasteiger partial charge in [0.15, 0.2) is 11.8 Å². The second-order valence-electron chi connectivity index (χ2n) is 6.31. The summed E-state index contributed by atoms with van der Waals surface area (Å²) in [6.45, 7) is 3.49. The smallest absolute Gasteiger partial charge is 0.199 e. The van der Waals surface area contributed by atoms with Gasteiger partial charge in [-0.1, -0.05) is 18.2 Å². The number of hydrogen-bond acceptors (Lipinski definition) is 3. The van der Waals surface area contributed by atoms with Gasteiger partial charge in [0.25, 0.3) is 0 Å². The molecule has 1 fully saturated rings.